The summed E-state index contributed by atoms with van der Waals surface area (Å²) < 4.78 is 13.3. The van der Waals surface area contributed by atoms with Crippen LogP contribution in [0.4, 0.5) is 5.82 Å². The molecule has 2 amide bonds. The third-order valence-corrected chi connectivity index (χ3v) is 9.52. The minimum atomic E-state index is -1.61. The molecule has 274 valence electrons. The van der Waals surface area contributed by atoms with Crippen LogP contribution in [0.25, 0.3) is 0 Å². The van der Waals surface area contributed by atoms with Crippen LogP contribution in [0.1, 0.15) is 45.9 Å². The van der Waals surface area contributed by atoms with E-state index in [2.05, 4.69) is 10.3 Å². The van der Waals surface area contributed by atoms with Gasteiger partial charge in [0.25, 0.3) is 5.91 Å². The van der Waals surface area contributed by atoms with Gasteiger partial charge in [-0.15, -0.1) is 0 Å². The summed E-state index contributed by atoms with van der Waals surface area (Å²) in [5.41, 5.74) is 31.5. The first-order valence-corrected chi connectivity index (χ1v) is 16.4. The second-order valence-electron chi connectivity index (χ2n) is 12.5. The predicted molar refractivity (Wildman–Crippen MR) is 181 cm³/mol. The molecule has 18 nitrogen and oxygen atoms in total. The number of rotatable bonds is 12. The number of halogens is 1. The number of aliphatic hydroxyl groups excluding tert-OH is 4. The van der Waals surface area contributed by atoms with E-state index in [9.17, 15) is 30.0 Å². The van der Waals surface area contributed by atoms with Gasteiger partial charge in [0.05, 0.1) is 0 Å². The fourth-order valence-corrected chi connectivity index (χ4v) is 6.90. The maximum absolute atomic E-state index is 13.3. The molecule has 4 heterocycles. The van der Waals surface area contributed by atoms with Crippen LogP contribution in [0.2, 0.25) is 5.02 Å². The first-order valence-electron chi connectivity index (χ1n) is 16.1. The molecular formula is C32H41ClN10O8. The highest BCUT2D eigenvalue weighted by atomic mass is 35.5. The Labute approximate surface area is 296 Å². The standard InChI is InChI=1S/C32H41ClN10O8/c33-16-8-6-15(7-9-16)21(28(38)49)41-13-19(35)42(31-24(46)22(44)17(10-34)50-31)30(41)29-40-20(27(37)48)26(36)43(29)32-25(47)23(45)18(51-32)12-39-11-14-4-2-1-3-5-14/h1-9,13,17-18,21-25,30-32,39,44-47H,10-12,34-36H2,(H2,37,48)(H2,38,49)/t17-,18+,21?,22-,23+,24-,25+,30?,31-,32+/m1/s1. The van der Waals surface area contributed by atoms with E-state index < -0.39 is 78.8 Å². The number of nitrogen functional groups attached to an aromatic ring is 1. The molecule has 2 aromatic carbocycles. The number of hydrogen-bond donors (Lipinski definition) is 10. The number of primary amides is 2. The second-order valence-corrected chi connectivity index (χ2v) is 13.0. The monoisotopic (exact) mass is 728 g/mol. The van der Waals surface area contributed by atoms with Crippen LogP contribution in [-0.4, -0.2) is 108 Å². The topological polar surface area (TPSA) is 300 Å². The molecule has 15 N–H and O–H groups in total. The second kappa shape index (κ2) is 14.6. The van der Waals surface area contributed by atoms with Crippen LogP contribution in [-0.2, 0) is 20.8 Å². The van der Waals surface area contributed by atoms with Gasteiger partial charge in [-0.25, -0.2) is 4.98 Å². The van der Waals surface area contributed by atoms with E-state index in [1.165, 1.54) is 20.6 Å². The number of nitrogens with zero attached hydrogens (tertiary/aromatic N) is 4. The number of aromatic nitrogens is 2. The van der Waals surface area contributed by atoms with Crippen LogP contribution in [0, 0.1) is 0 Å². The molecule has 2 unspecified atom stereocenters. The molecule has 0 bridgehead atoms. The van der Waals surface area contributed by atoms with Crippen LogP contribution < -0.4 is 34.0 Å². The maximum Gasteiger partial charge on any atom is 0.271 e. The van der Waals surface area contributed by atoms with Gasteiger partial charge in [-0.1, -0.05) is 54.1 Å². The molecule has 2 fully saturated rings. The number of ether oxygens (including phenoxy) is 2. The summed E-state index contributed by atoms with van der Waals surface area (Å²) in [6.45, 7) is 0.378. The summed E-state index contributed by atoms with van der Waals surface area (Å²) in [5, 5.41) is 48.0. The Morgan fingerprint density at radius 1 is 0.902 bits per heavy atom. The fraction of sp³-hybridized carbons (Fsp3) is 0.406. The van der Waals surface area contributed by atoms with Crippen molar-refractivity contribution in [2.24, 2.45) is 22.9 Å². The van der Waals surface area contributed by atoms with Gasteiger partial charge in [-0.05, 0) is 23.3 Å². The molecule has 2 saturated heterocycles. The average molecular weight is 729 g/mol. The molecule has 6 rings (SSSR count). The lowest BCUT2D eigenvalue weighted by atomic mass is 10.0. The van der Waals surface area contributed by atoms with Crippen molar-refractivity contribution < 1.29 is 39.5 Å². The van der Waals surface area contributed by atoms with Crippen molar-refractivity contribution in [2.75, 3.05) is 18.8 Å². The number of amides is 2. The SMILES string of the molecule is NC[C@H]1O[C@@H](N2C(N)=CN(C(C(N)=O)c3ccc(Cl)cc3)C2c2nc(C(N)=O)c(N)n2[C@H]2O[C@@H](CNCc3ccccc3)[C@H](O)[C@@H]2O)[C@H](O)[C@@H]1O. The number of nitrogens with two attached hydrogens (primary N) is 5. The number of anilines is 1. The van der Waals surface area contributed by atoms with Gasteiger partial charge in [0, 0.05) is 30.9 Å². The number of hydrogen-bond acceptors (Lipinski definition) is 15. The number of nitrogens with one attached hydrogen (secondary N) is 1. The summed E-state index contributed by atoms with van der Waals surface area (Å²) in [7, 11) is 0. The third kappa shape index (κ3) is 6.68. The normalized spacial score (nSPS) is 29.8. The van der Waals surface area contributed by atoms with Gasteiger partial charge in [0.2, 0.25) is 5.91 Å². The number of aliphatic hydroxyl groups is 4. The fourth-order valence-electron chi connectivity index (χ4n) is 6.78. The summed E-state index contributed by atoms with van der Waals surface area (Å²) in [4.78, 5) is 33.1. The van der Waals surface area contributed by atoms with E-state index in [0.717, 1.165) is 5.56 Å². The lowest BCUT2D eigenvalue weighted by Gasteiger charge is -2.40. The summed E-state index contributed by atoms with van der Waals surface area (Å²) in [5.74, 6) is -2.49. The van der Waals surface area contributed by atoms with Gasteiger partial charge in [-0.3, -0.25) is 14.2 Å². The minimum absolute atomic E-state index is 0.0845. The Morgan fingerprint density at radius 2 is 1.53 bits per heavy atom. The Morgan fingerprint density at radius 3 is 2.14 bits per heavy atom. The zero-order chi connectivity index (χ0) is 36.7. The Hall–Kier alpha value is -4.50. The summed E-state index contributed by atoms with van der Waals surface area (Å²) >= 11 is 6.13. The number of carbonyl (C=O) groups excluding carboxylic acids is 2. The van der Waals surface area contributed by atoms with Crippen LogP contribution >= 0.6 is 11.6 Å². The minimum Gasteiger partial charge on any atom is -0.387 e. The first kappa shape index (κ1) is 36.3. The molecule has 3 aromatic rings. The highest BCUT2D eigenvalue weighted by Crippen LogP contribution is 2.46. The molecule has 1 aromatic heterocycles. The van der Waals surface area contributed by atoms with Crippen LogP contribution in [0.3, 0.4) is 0 Å². The van der Waals surface area contributed by atoms with E-state index in [4.69, 9.17) is 49.7 Å². The van der Waals surface area contributed by atoms with Crippen molar-refractivity contribution in [3.8, 4) is 0 Å². The van der Waals surface area contributed by atoms with E-state index in [0.29, 0.717) is 17.1 Å². The molecule has 19 heteroatoms. The molecule has 0 saturated carbocycles. The van der Waals surface area contributed by atoms with Crippen molar-refractivity contribution in [1.29, 1.82) is 0 Å². The van der Waals surface area contributed by atoms with Crippen LogP contribution in [0.5, 0.6) is 0 Å². The summed E-state index contributed by atoms with van der Waals surface area (Å²) in [6, 6.07) is 14.4. The van der Waals surface area contributed by atoms with E-state index >= 15 is 0 Å². The van der Waals surface area contributed by atoms with Gasteiger partial charge < -0.3 is 73.7 Å². The zero-order valence-corrected chi connectivity index (χ0v) is 27.9. The molecule has 51 heavy (non-hydrogen) atoms. The highest BCUT2D eigenvalue weighted by molar-refractivity contribution is 6.30. The molecule has 0 radical (unpaired) electrons. The predicted octanol–water partition coefficient (Wildman–Crippen LogP) is -2.37. The molecule has 0 aliphatic carbocycles. The number of benzene rings is 2. The third-order valence-electron chi connectivity index (χ3n) is 9.27. The van der Waals surface area contributed by atoms with E-state index in [1.807, 2.05) is 30.3 Å². The van der Waals surface area contributed by atoms with Crippen molar-refractivity contribution in [1.82, 2.24) is 24.7 Å². The Balaban J connectivity index is 1.45. The average Bonchev–Trinajstić information content (AvgIpc) is 3.79. The number of carbonyl (C=O) groups is 2. The van der Waals surface area contributed by atoms with Crippen LogP contribution in [0.15, 0.2) is 66.6 Å². The quantitative estimate of drug-likeness (QED) is 0.0932. The van der Waals surface area contributed by atoms with E-state index in [-0.39, 0.29) is 30.6 Å². The van der Waals surface area contributed by atoms with Gasteiger partial charge in [-0.2, -0.15) is 0 Å². The summed E-state index contributed by atoms with van der Waals surface area (Å²) in [6.07, 6.45) is -10.9. The van der Waals surface area contributed by atoms with Gasteiger partial charge in [0.15, 0.2) is 30.1 Å². The largest absolute Gasteiger partial charge is 0.387 e. The van der Waals surface area contributed by atoms with Gasteiger partial charge in [0.1, 0.15) is 54.3 Å². The van der Waals surface area contributed by atoms with Gasteiger partial charge >= 0.3 is 0 Å². The van der Waals surface area contributed by atoms with E-state index in [1.54, 1.807) is 24.3 Å². The molecule has 3 aliphatic heterocycles. The molecule has 3 aliphatic rings. The smallest absolute Gasteiger partial charge is 0.271 e. The van der Waals surface area contributed by atoms with Crippen molar-refractivity contribution >= 4 is 29.2 Å². The number of imidazole rings is 1. The zero-order valence-electron chi connectivity index (χ0n) is 27.1. The maximum atomic E-state index is 13.3. The van der Waals surface area contributed by atoms with Crippen molar-refractivity contribution in [3.05, 3.63) is 94.3 Å². The lowest BCUT2D eigenvalue weighted by Crippen LogP contribution is -2.49. The Kier molecular flexibility index (Phi) is 10.4. The van der Waals surface area contributed by atoms with Crippen molar-refractivity contribution in [3.63, 3.8) is 0 Å². The lowest BCUT2D eigenvalue weighted by molar-refractivity contribution is -0.130. The molecule has 10 atom stereocenters. The van der Waals surface area contributed by atoms with Crippen molar-refractivity contribution in [2.45, 2.75) is 67.8 Å². The molecule has 0 spiro atoms. The first-order chi connectivity index (χ1) is 24.3. The Bertz CT molecular complexity index is 1760. The molecular weight excluding hydrogens is 688 g/mol. The highest BCUT2D eigenvalue weighted by Gasteiger charge is 2.54.